The standard InChI is InChI=1S/C22H19N5O/c1-26-14-18(13-24-26)21-19(7-6-16-4-5-16)22-20(3-2-12-27(22)25-21)28-15-17-8-10-23-11-9-17/h2-3,8-14,16H,4-5,15H2,1H3. The molecule has 0 aromatic carbocycles. The number of fused-ring (bicyclic) bond motifs is 1. The van der Waals surface area contributed by atoms with Gasteiger partial charge in [-0.1, -0.05) is 11.8 Å². The summed E-state index contributed by atoms with van der Waals surface area (Å²) in [5.41, 5.74) is 4.64. The van der Waals surface area contributed by atoms with E-state index in [1.807, 2.05) is 54.4 Å². The first kappa shape index (κ1) is 16.6. The van der Waals surface area contributed by atoms with Gasteiger partial charge in [-0.15, -0.1) is 0 Å². The van der Waals surface area contributed by atoms with Crippen LogP contribution in [0, 0.1) is 17.8 Å². The zero-order valence-electron chi connectivity index (χ0n) is 15.5. The largest absolute Gasteiger partial charge is 0.487 e. The van der Waals surface area contributed by atoms with Crippen molar-refractivity contribution in [3.05, 3.63) is 66.4 Å². The minimum absolute atomic E-state index is 0.463. The summed E-state index contributed by atoms with van der Waals surface area (Å²) in [5, 5.41) is 9.07. The van der Waals surface area contributed by atoms with E-state index in [0.717, 1.165) is 33.7 Å². The van der Waals surface area contributed by atoms with Crippen LogP contribution < -0.4 is 4.74 Å². The van der Waals surface area contributed by atoms with E-state index in [4.69, 9.17) is 9.84 Å². The molecule has 0 radical (unpaired) electrons. The fourth-order valence-corrected chi connectivity index (χ4v) is 3.09. The molecular weight excluding hydrogens is 350 g/mol. The van der Waals surface area contributed by atoms with E-state index in [9.17, 15) is 0 Å². The first-order valence-corrected chi connectivity index (χ1v) is 9.31. The Labute approximate surface area is 162 Å². The number of aromatic nitrogens is 5. The van der Waals surface area contributed by atoms with Crippen LogP contribution in [0.3, 0.4) is 0 Å². The van der Waals surface area contributed by atoms with E-state index in [1.54, 1.807) is 17.1 Å². The third-order valence-electron chi connectivity index (χ3n) is 4.72. The van der Waals surface area contributed by atoms with Crippen LogP contribution in [0.15, 0.2) is 55.2 Å². The van der Waals surface area contributed by atoms with Crippen molar-refractivity contribution in [1.82, 2.24) is 24.4 Å². The molecule has 4 aromatic heterocycles. The molecule has 0 atom stereocenters. The second-order valence-corrected chi connectivity index (χ2v) is 6.98. The lowest BCUT2D eigenvalue weighted by molar-refractivity contribution is 0.308. The Bertz CT molecular complexity index is 1190. The number of pyridine rings is 2. The molecule has 0 unspecified atom stereocenters. The Kier molecular flexibility index (Phi) is 4.06. The van der Waals surface area contributed by atoms with Crippen molar-refractivity contribution in [2.24, 2.45) is 13.0 Å². The summed E-state index contributed by atoms with van der Waals surface area (Å²) in [7, 11) is 1.90. The summed E-state index contributed by atoms with van der Waals surface area (Å²) in [6.07, 6.45) is 11.6. The maximum Gasteiger partial charge on any atom is 0.146 e. The van der Waals surface area contributed by atoms with Gasteiger partial charge >= 0.3 is 0 Å². The van der Waals surface area contributed by atoms with E-state index < -0.39 is 0 Å². The molecule has 4 heterocycles. The van der Waals surface area contributed by atoms with E-state index in [1.165, 1.54) is 12.8 Å². The van der Waals surface area contributed by atoms with Crippen molar-refractivity contribution in [1.29, 1.82) is 0 Å². The van der Waals surface area contributed by atoms with Crippen LogP contribution in [0.1, 0.15) is 24.0 Å². The van der Waals surface area contributed by atoms with Gasteiger partial charge in [-0.25, -0.2) is 4.52 Å². The summed E-state index contributed by atoms with van der Waals surface area (Å²) in [4.78, 5) is 4.05. The maximum atomic E-state index is 6.15. The lowest BCUT2D eigenvalue weighted by Gasteiger charge is -2.08. The highest BCUT2D eigenvalue weighted by atomic mass is 16.5. The maximum absolute atomic E-state index is 6.15. The van der Waals surface area contributed by atoms with Crippen molar-refractivity contribution in [2.75, 3.05) is 0 Å². The van der Waals surface area contributed by atoms with Gasteiger partial charge in [0.2, 0.25) is 0 Å². The Morgan fingerprint density at radius 3 is 2.82 bits per heavy atom. The molecule has 28 heavy (non-hydrogen) atoms. The van der Waals surface area contributed by atoms with Crippen LogP contribution in [0.2, 0.25) is 0 Å². The fourth-order valence-electron chi connectivity index (χ4n) is 3.09. The summed E-state index contributed by atoms with van der Waals surface area (Å²) in [6.45, 7) is 0.463. The third-order valence-corrected chi connectivity index (χ3v) is 4.72. The average Bonchev–Trinajstić information content (AvgIpc) is 3.33. The molecule has 4 aromatic rings. The van der Waals surface area contributed by atoms with Crippen molar-refractivity contribution < 1.29 is 4.74 Å². The van der Waals surface area contributed by atoms with Crippen molar-refractivity contribution in [2.45, 2.75) is 19.4 Å². The Morgan fingerprint density at radius 2 is 2.07 bits per heavy atom. The normalized spacial score (nSPS) is 13.3. The van der Waals surface area contributed by atoms with Crippen molar-refractivity contribution in [3.8, 4) is 28.8 Å². The monoisotopic (exact) mass is 369 g/mol. The molecule has 0 aliphatic heterocycles. The molecule has 1 aliphatic carbocycles. The topological polar surface area (TPSA) is 57.2 Å². The highest BCUT2D eigenvalue weighted by Crippen LogP contribution is 2.33. The average molecular weight is 369 g/mol. The molecule has 0 amide bonds. The molecule has 5 rings (SSSR count). The molecule has 138 valence electrons. The molecule has 0 saturated heterocycles. The second kappa shape index (κ2) is 6.86. The minimum atomic E-state index is 0.463. The number of aryl methyl sites for hydroxylation is 1. The van der Waals surface area contributed by atoms with Gasteiger partial charge in [-0.2, -0.15) is 10.2 Å². The van der Waals surface area contributed by atoms with Crippen molar-refractivity contribution in [3.63, 3.8) is 0 Å². The van der Waals surface area contributed by atoms with E-state index in [2.05, 4.69) is 21.9 Å². The van der Waals surface area contributed by atoms with E-state index in [0.29, 0.717) is 12.5 Å². The van der Waals surface area contributed by atoms with Gasteiger partial charge in [0.25, 0.3) is 0 Å². The van der Waals surface area contributed by atoms with Gasteiger partial charge in [-0.3, -0.25) is 9.67 Å². The second-order valence-electron chi connectivity index (χ2n) is 6.98. The zero-order valence-corrected chi connectivity index (χ0v) is 15.5. The quantitative estimate of drug-likeness (QED) is 0.517. The number of hydrogen-bond acceptors (Lipinski definition) is 4. The van der Waals surface area contributed by atoms with Crippen LogP contribution >= 0.6 is 0 Å². The number of nitrogens with zero attached hydrogens (tertiary/aromatic N) is 5. The van der Waals surface area contributed by atoms with Gasteiger partial charge < -0.3 is 4.74 Å². The van der Waals surface area contributed by atoms with Crippen molar-refractivity contribution >= 4 is 5.52 Å². The SMILES string of the molecule is Cn1cc(-c2nn3cccc(OCc4ccncc4)c3c2C#CC2CC2)cn1. The molecule has 0 bridgehead atoms. The Hall–Kier alpha value is -3.59. The highest BCUT2D eigenvalue weighted by Gasteiger charge is 2.21. The minimum Gasteiger partial charge on any atom is -0.487 e. The van der Waals surface area contributed by atoms with Gasteiger partial charge in [0, 0.05) is 43.3 Å². The molecule has 1 fully saturated rings. The summed E-state index contributed by atoms with van der Waals surface area (Å²) in [6, 6.07) is 7.80. The number of ether oxygens (including phenoxy) is 1. The zero-order chi connectivity index (χ0) is 18.9. The first-order valence-electron chi connectivity index (χ1n) is 9.31. The van der Waals surface area contributed by atoms with Gasteiger partial charge in [0.15, 0.2) is 0 Å². The predicted octanol–water partition coefficient (Wildman–Crippen LogP) is 3.47. The molecule has 0 N–H and O–H groups in total. The summed E-state index contributed by atoms with van der Waals surface area (Å²) < 4.78 is 9.77. The lowest BCUT2D eigenvalue weighted by Crippen LogP contribution is -1.98. The predicted molar refractivity (Wildman–Crippen MR) is 106 cm³/mol. The highest BCUT2D eigenvalue weighted by molar-refractivity contribution is 5.81. The molecule has 0 spiro atoms. The Balaban J connectivity index is 1.61. The van der Waals surface area contributed by atoms with Gasteiger partial charge in [-0.05, 0) is 42.7 Å². The van der Waals surface area contributed by atoms with E-state index in [-0.39, 0.29) is 0 Å². The van der Waals surface area contributed by atoms with Crippen LogP contribution in [-0.2, 0) is 13.7 Å². The Morgan fingerprint density at radius 1 is 1.21 bits per heavy atom. The third kappa shape index (κ3) is 3.23. The lowest BCUT2D eigenvalue weighted by atomic mass is 10.1. The smallest absolute Gasteiger partial charge is 0.146 e. The number of rotatable bonds is 4. The molecule has 1 aliphatic rings. The van der Waals surface area contributed by atoms with Gasteiger partial charge in [0.05, 0.1) is 11.8 Å². The first-order chi connectivity index (χ1) is 13.8. The van der Waals surface area contributed by atoms with Gasteiger partial charge in [0.1, 0.15) is 23.6 Å². The van der Waals surface area contributed by atoms with E-state index >= 15 is 0 Å². The van der Waals surface area contributed by atoms with Crippen LogP contribution in [0.25, 0.3) is 16.8 Å². The fraction of sp³-hybridized carbons (Fsp3) is 0.227. The van der Waals surface area contributed by atoms with Crippen LogP contribution in [0.4, 0.5) is 0 Å². The number of hydrogen-bond donors (Lipinski definition) is 0. The van der Waals surface area contributed by atoms with Crippen LogP contribution in [-0.4, -0.2) is 24.4 Å². The summed E-state index contributed by atoms with van der Waals surface area (Å²) in [5.74, 6) is 8.03. The molecular formula is C22H19N5O. The summed E-state index contributed by atoms with van der Waals surface area (Å²) >= 11 is 0. The molecule has 6 nitrogen and oxygen atoms in total. The molecule has 6 heteroatoms. The van der Waals surface area contributed by atoms with Crippen LogP contribution in [0.5, 0.6) is 5.75 Å². The molecule has 1 saturated carbocycles.